The number of piperazine rings is 1. The minimum absolute atomic E-state index is 0.107. The zero-order chi connectivity index (χ0) is 29.4. The molecule has 0 saturated carbocycles. The fourth-order valence-electron chi connectivity index (χ4n) is 3.81. The molecule has 2 aromatic rings. The first-order valence-electron chi connectivity index (χ1n) is 12.1. The van der Waals surface area contributed by atoms with Gasteiger partial charge in [0.25, 0.3) is 5.91 Å². The van der Waals surface area contributed by atoms with E-state index < -0.39 is 42.1 Å². The molecule has 0 radical (unpaired) electrons. The topological polar surface area (TPSA) is 195 Å². The molecule has 4 heterocycles. The molecule has 16 heteroatoms. The number of pyridine rings is 1. The molecule has 4 rings (SSSR count). The lowest BCUT2D eigenvalue weighted by atomic mass is 10.1. The van der Waals surface area contributed by atoms with Crippen LogP contribution in [0.5, 0.6) is 0 Å². The molecular weight excluding hydrogens is 550 g/mol. The van der Waals surface area contributed by atoms with Crippen molar-refractivity contribution in [2.45, 2.75) is 32.0 Å². The molecule has 15 nitrogen and oxygen atoms in total. The van der Waals surface area contributed by atoms with Crippen LogP contribution in [0.1, 0.15) is 42.2 Å². The summed E-state index contributed by atoms with van der Waals surface area (Å²) in [6.07, 6.45) is 2.39. The summed E-state index contributed by atoms with van der Waals surface area (Å²) >= 11 is 5.89. The van der Waals surface area contributed by atoms with Crippen molar-refractivity contribution < 1.29 is 38.9 Å². The molecule has 3 N–H and O–H groups in total. The van der Waals surface area contributed by atoms with E-state index in [0.29, 0.717) is 29.6 Å². The molecule has 2 atom stereocenters. The highest BCUT2D eigenvalue weighted by atomic mass is 35.5. The lowest BCUT2D eigenvalue weighted by Crippen LogP contribution is -2.48. The summed E-state index contributed by atoms with van der Waals surface area (Å²) in [6.45, 7) is 3.82. The second-order valence-corrected chi connectivity index (χ2v) is 9.29. The lowest BCUT2D eigenvalue weighted by molar-refractivity contribution is -0.142. The van der Waals surface area contributed by atoms with Crippen molar-refractivity contribution in [3.63, 3.8) is 0 Å². The summed E-state index contributed by atoms with van der Waals surface area (Å²) in [7, 11) is 2.00. The smallest absolute Gasteiger partial charge is 0.412 e. The van der Waals surface area contributed by atoms with E-state index in [4.69, 9.17) is 26.6 Å². The number of nitrogens with zero attached hydrogens (tertiary/aromatic N) is 6. The average Bonchev–Trinajstić information content (AvgIpc) is 3.18. The highest BCUT2D eigenvalue weighted by Crippen LogP contribution is 2.35. The van der Waals surface area contributed by atoms with E-state index in [1.165, 1.54) is 30.4 Å². The molecule has 1 fully saturated rings. The largest absolute Gasteiger partial charge is 0.481 e. The Balaban J connectivity index is 0.000000289. The highest BCUT2D eigenvalue weighted by molar-refractivity contribution is 6.30. The van der Waals surface area contributed by atoms with Crippen LogP contribution in [0.4, 0.5) is 10.6 Å². The summed E-state index contributed by atoms with van der Waals surface area (Å²) in [4.78, 5) is 74.0. The minimum atomic E-state index is -1.23. The maximum atomic E-state index is 12.8. The van der Waals surface area contributed by atoms with Crippen LogP contribution >= 0.6 is 11.6 Å². The Kier molecular flexibility index (Phi) is 10.3. The quantitative estimate of drug-likeness (QED) is 0.423. The van der Waals surface area contributed by atoms with E-state index in [1.807, 2.05) is 7.05 Å². The van der Waals surface area contributed by atoms with Gasteiger partial charge in [-0.1, -0.05) is 11.6 Å². The van der Waals surface area contributed by atoms with Crippen molar-refractivity contribution in [1.29, 1.82) is 0 Å². The number of fused-ring (bicyclic) bond motifs is 1. The number of carbonyl (C=O) groups excluding carboxylic acids is 3. The van der Waals surface area contributed by atoms with Gasteiger partial charge in [0.15, 0.2) is 5.69 Å². The molecule has 0 bridgehead atoms. The number of anilines is 1. The molecule has 0 unspecified atom stereocenters. The number of rotatable bonds is 7. The third kappa shape index (κ3) is 7.83. The van der Waals surface area contributed by atoms with Gasteiger partial charge in [-0.05, 0) is 25.6 Å². The molecule has 2 aliphatic rings. The van der Waals surface area contributed by atoms with E-state index in [0.717, 1.165) is 13.1 Å². The molecular formula is C24H28ClN7O8. The predicted octanol–water partition coefficient (Wildman–Crippen LogP) is 1.01. The van der Waals surface area contributed by atoms with Gasteiger partial charge in [0.1, 0.15) is 17.6 Å². The fourth-order valence-corrected chi connectivity index (χ4v) is 3.92. The number of aromatic nitrogens is 3. The van der Waals surface area contributed by atoms with Crippen LogP contribution in [-0.4, -0.2) is 104 Å². The van der Waals surface area contributed by atoms with Crippen molar-refractivity contribution in [2.24, 2.45) is 0 Å². The molecule has 40 heavy (non-hydrogen) atoms. The summed E-state index contributed by atoms with van der Waals surface area (Å²) in [5, 5.41) is 19.4. The van der Waals surface area contributed by atoms with Crippen molar-refractivity contribution >= 4 is 47.3 Å². The van der Waals surface area contributed by atoms with Crippen LogP contribution in [0.15, 0.2) is 30.7 Å². The lowest BCUT2D eigenvalue weighted by Gasteiger charge is -2.33. The number of carbonyl (C=O) groups is 5. The third-order valence-electron chi connectivity index (χ3n) is 5.87. The number of carboxylic acid groups (broad SMARTS) is 2. The van der Waals surface area contributed by atoms with E-state index in [1.54, 1.807) is 17.0 Å². The second kappa shape index (κ2) is 13.6. The number of aliphatic carboxylic acids is 2. The molecule has 0 aliphatic carbocycles. The SMILES string of the molecule is CC(=O)N[C@@H](CCC(=O)O)C(=O)O.CN1CCN(C(=O)O[C@H]2c3nccnc3C(=O)N2c2ccc(Cl)cn2)CC1. The van der Waals surface area contributed by atoms with Gasteiger partial charge in [0, 0.05) is 58.1 Å². The maximum Gasteiger partial charge on any atom is 0.412 e. The van der Waals surface area contributed by atoms with Gasteiger partial charge in [-0.3, -0.25) is 19.4 Å². The Morgan fingerprint density at radius 1 is 1.10 bits per heavy atom. The zero-order valence-electron chi connectivity index (χ0n) is 21.7. The molecule has 1 saturated heterocycles. The first kappa shape index (κ1) is 30.2. The van der Waals surface area contributed by atoms with Gasteiger partial charge in [0.05, 0.1) is 5.02 Å². The van der Waals surface area contributed by atoms with Crippen LogP contribution in [0.2, 0.25) is 5.02 Å². The fraction of sp³-hybridized carbons (Fsp3) is 0.417. The van der Waals surface area contributed by atoms with Gasteiger partial charge in [-0.25, -0.2) is 24.5 Å². The van der Waals surface area contributed by atoms with Gasteiger partial charge in [-0.15, -0.1) is 0 Å². The van der Waals surface area contributed by atoms with Gasteiger partial charge < -0.3 is 30.1 Å². The summed E-state index contributed by atoms with van der Waals surface area (Å²) < 4.78 is 5.68. The molecule has 3 amide bonds. The van der Waals surface area contributed by atoms with Crippen molar-refractivity contribution in [1.82, 2.24) is 30.1 Å². The Labute approximate surface area is 233 Å². The number of nitrogens with one attached hydrogen (secondary N) is 1. The van der Waals surface area contributed by atoms with E-state index >= 15 is 0 Å². The van der Waals surface area contributed by atoms with Gasteiger partial charge in [0.2, 0.25) is 12.1 Å². The zero-order valence-corrected chi connectivity index (χ0v) is 22.4. The Hall–Kier alpha value is -4.37. The van der Waals surface area contributed by atoms with E-state index in [2.05, 4.69) is 25.2 Å². The molecule has 214 valence electrons. The van der Waals surface area contributed by atoms with Gasteiger partial charge >= 0.3 is 18.0 Å². The van der Waals surface area contributed by atoms with Gasteiger partial charge in [-0.2, -0.15) is 0 Å². The molecule has 2 aromatic heterocycles. The second-order valence-electron chi connectivity index (χ2n) is 8.85. The molecule has 0 aromatic carbocycles. The number of hydrogen-bond acceptors (Lipinski definition) is 10. The number of carboxylic acids is 2. The molecule has 0 spiro atoms. The monoisotopic (exact) mass is 577 g/mol. The van der Waals surface area contributed by atoms with Crippen molar-refractivity contribution in [3.8, 4) is 0 Å². The number of likely N-dealkylation sites (N-methyl/N-ethyl adjacent to an activating group) is 1. The Morgan fingerprint density at radius 2 is 1.77 bits per heavy atom. The summed E-state index contributed by atoms with van der Waals surface area (Å²) in [5.74, 6) is -2.92. The van der Waals surface area contributed by atoms with Crippen molar-refractivity contribution in [2.75, 3.05) is 38.1 Å². The van der Waals surface area contributed by atoms with Crippen LogP contribution in [0.25, 0.3) is 0 Å². The summed E-state index contributed by atoms with van der Waals surface area (Å²) in [6, 6.07) is 2.08. The first-order valence-corrected chi connectivity index (χ1v) is 12.5. The number of amides is 3. The minimum Gasteiger partial charge on any atom is -0.481 e. The normalized spacial score (nSPS) is 17.3. The highest BCUT2D eigenvalue weighted by Gasteiger charge is 2.44. The van der Waals surface area contributed by atoms with E-state index in [-0.39, 0.29) is 18.5 Å². The van der Waals surface area contributed by atoms with Crippen LogP contribution < -0.4 is 10.2 Å². The first-order chi connectivity index (χ1) is 19.0. The van der Waals surface area contributed by atoms with Crippen LogP contribution in [0, 0.1) is 0 Å². The number of ether oxygens (including phenoxy) is 1. The van der Waals surface area contributed by atoms with Crippen LogP contribution in [-0.2, 0) is 19.1 Å². The maximum absolute atomic E-state index is 12.8. The average molecular weight is 578 g/mol. The standard InChI is InChI=1S/C17H17ClN6O3.C7H11NO5/c1-22-6-8-23(9-7-22)17(26)27-16-14-13(19-4-5-20-14)15(25)24(16)12-3-2-11(18)10-21-12;1-4(9)8-5(7(12)13)2-3-6(10)11/h2-5,10,16H,6-9H2,1H3;5H,2-3H2,1H3,(H,8,9)(H,10,11)(H,12,13)/t16-;5-/m00/s1. The third-order valence-corrected chi connectivity index (χ3v) is 6.09. The number of halogens is 1. The predicted molar refractivity (Wildman–Crippen MR) is 138 cm³/mol. The Morgan fingerprint density at radius 3 is 2.35 bits per heavy atom. The Bertz CT molecular complexity index is 1250. The molecule has 2 aliphatic heterocycles. The number of hydrogen-bond donors (Lipinski definition) is 3. The van der Waals surface area contributed by atoms with Crippen LogP contribution in [0.3, 0.4) is 0 Å². The van der Waals surface area contributed by atoms with Crippen molar-refractivity contribution in [3.05, 3.63) is 47.1 Å². The van der Waals surface area contributed by atoms with E-state index in [9.17, 15) is 24.0 Å². The summed E-state index contributed by atoms with van der Waals surface area (Å²) in [5.41, 5.74) is 0.437.